The summed E-state index contributed by atoms with van der Waals surface area (Å²) in [6.07, 6.45) is 2.33. The van der Waals surface area contributed by atoms with Crippen LogP contribution in [0, 0.1) is 6.92 Å². The molecule has 0 bridgehead atoms. The van der Waals surface area contributed by atoms with Crippen LogP contribution in [-0.2, 0) is 6.42 Å². The molecule has 0 aliphatic heterocycles. The largest absolute Gasteiger partial charge is 0.493 e. The molecule has 0 amide bonds. The topological polar surface area (TPSA) is 51.6 Å². The van der Waals surface area contributed by atoms with Gasteiger partial charge in [0.25, 0.3) is 0 Å². The number of benzene rings is 1. The second kappa shape index (κ2) is 4.94. The first-order valence-electron chi connectivity index (χ1n) is 6.89. The van der Waals surface area contributed by atoms with Crippen molar-refractivity contribution < 1.29 is 14.6 Å². The average Bonchev–Trinajstić information content (AvgIpc) is 2.47. The minimum Gasteiger partial charge on any atom is -0.493 e. The molecule has 0 spiro atoms. The molecule has 0 fully saturated rings. The summed E-state index contributed by atoms with van der Waals surface area (Å²) in [5, 5.41) is 11.2. The molecule has 1 aromatic carbocycles. The standard InChI is InChI=1S/C16H19NO3/c1-9-10-5-4-6-13(18)16(10)17-12-8-15(20-3)14(19-2)7-11(9)12/h7-8,13,18H,4-6H2,1-3H3. The van der Waals surface area contributed by atoms with Crippen LogP contribution in [0.2, 0.25) is 0 Å². The van der Waals surface area contributed by atoms with E-state index in [1.807, 2.05) is 12.1 Å². The number of fused-ring (bicyclic) bond motifs is 2. The van der Waals surface area contributed by atoms with Gasteiger partial charge in [-0.2, -0.15) is 0 Å². The second-order valence-corrected chi connectivity index (χ2v) is 5.23. The van der Waals surface area contributed by atoms with E-state index in [0.717, 1.165) is 35.9 Å². The molecule has 20 heavy (non-hydrogen) atoms. The van der Waals surface area contributed by atoms with Gasteiger partial charge in [-0.3, -0.25) is 0 Å². The first-order valence-corrected chi connectivity index (χ1v) is 6.89. The van der Waals surface area contributed by atoms with Crippen molar-refractivity contribution in [2.45, 2.75) is 32.3 Å². The highest BCUT2D eigenvalue weighted by Crippen LogP contribution is 2.38. The van der Waals surface area contributed by atoms with Gasteiger partial charge in [-0.1, -0.05) is 0 Å². The lowest BCUT2D eigenvalue weighted by molar-refractivity contribution is 0.152. The van der Waals surface area contributed by atoms with Crippen LogP contribution in [0.15, 0.2) is 12.1 Å². The van der Waals surface area contributed by atoms with Gasteiger partial charge in [0.05, 0.1) is 31.5 Å². The second-order valence-electron chi connectivity index (χ2n) is 5.23. The number of nitrogens with zero attached hydrogens (tertiary/aromatic N) is 1. The summed E-state index contributed by atoms with van der Waals surface area (Å²) in [5.41, 5.74) is 4.04. The molecule has 0 saturated heterocycles. The number of aryl methyl sites for hydroxylation is 1. The van der Waals surface area contributed by atoms with Crippen molar-refractivity contribution in [2.24, 2.45) is 0 Å². The Morgan fingerprint density at radius 3 is 2.60 bits per heavy atom. The average molecular weight is 273 g/mol. The van der Waals surface area contributed by atoms with Crippen LogP contribution >= 0.6 is 0 Å². The van der Waals surface area contributed by atoms with Crippen molar-refractivity contribution in [1.82, 2.24) is 4.98 Å². The molecule has 1 aromatic heterocycles. The lowest BCUT2D eigenvalue weighted by Gasteiger charge is -2.23. The van der Waals surface area contributed by atoms with Gasteiger partial charge in [0.2, 0.25) is 0 Å². The molecule has 1 N–H and O–H groups in total. The summed E-state index contributed by atoms with van der Waals surface area (Å²) in [4.78, 5) is 4.66. The predicted molar refractivity (Wildman–Crippen MR) is 77.5 cm³/mol. The zero-order valence-corrected chi connectivity index (χ0v) is 12.1. The molecule has 4 heteroatoms. The molecule has 1 aliphatic carbocycles. The van der Waals surface area contributed by atoms with E-state index in [1.165, 1.54) is 11.1 Å². The van der Waals surface area contributed by atoms with Gasteiger partial charge in [-0.25, -0.2) is 4.98 Å². The quantitative estimate of drug-likeness (QED) is 0.914. The minimum atomic E-state index is -0.449. The Hall–Kier alpha value is -1.81. The van der Waals surface area contributed by atoms with E-state index in [-0.39, 0.29) is 0 Å². The summed E-state index contributed by atoms with van der Waals surface area (Å²) < 4.78 is 10.7. The van der Waals surface area contributed by atoms with Crippen LogP contribution in [0.1, 0.15) is 35.8 Å². The van der Waals surface area contributed by atoms with Crippen LogP contribution in [0.5, 0.6) is 11.5 Å². The number of pyridine rings is 1. The molecule has 1 unspecified atom stereocenters. The fourth-order valence-electron chi connectivity index (χ4n) is 3.01. The Balaban J connectivity index is 2.31. The van der Waals surface area contributed by atoms with Gasteiger partial charge in [0, 0.05) is 11.5 Å². The molecule has 0 saturated carbocycles. The van der Waals surface area contributed by atoms with Crippen molar-refractivity contribution in [1.29, 1.82) is 0 Å². The number of aromatic nitrogens is 1. The van der Waals surface area contributed by atoms with Crippen LogP contribution in [-0.4, -0.2) is 24.3 Å². The normalized spacial score (nSPS) is 17.9. The zero-order chi connectivity index (χ0) is 14.3. The highest BCUT2D eigenvalue weighted by atomic mass is 16.5. The van der Waals surface area contributed by atoms with Crippen LogP contribution in [0.25, 0.3) is 10.9 Å². The molecule has 1 atom stereocenters. The van der Waals surface area contributed by atoms with E-state index in [0.29, 0.717) is 11.5 Å². The predicted octanol–water partition coefficient (Wildman–Crippen LogP) is 2.93. The fraction of sp³-hybridized carbons (Fsp3) is 0.438. The summed E-state index contributed by atoms with van der Waals surface area (Å²) in [5.74, 6) is 1.37. The Morgan fingerprint density at radius 2 is 1.90 bits per heavy atom. The van der Waals surface area contributed by atoms with E-state index in [4.69, 9.17) is 9.47 Å². The van der Waals surface area contributed by atoms with Gasteiger partial charge in [0.15, 0.2) is 11.5 Å². The van der Waals surface area contributed by atoms with Crippen LogP contribution in [0.3, 0.4) is 0 Å². The maximum Gasteiger partial charge on any atom is 0.162 e. The number of hydrogen-bond donors (Lipinski definition) is 1. The van der Waals surface area contributed by atoms with E-state index in [1.54, 1.807) is 14.2 Å². The van der Waals surface area contributed by atoms with E-state index in [9.17, 15) is 5.11 Å². The number of hydrogen-bond acceptors (Lipinski definition) is 4. The molecule has 2 aromatic rings. The lowest BCUT2D eigenvalue weighted by Crippen LogP contribution is -2.13. The molecular weight excluding hydrogens is 254 g/mol. The number of aliphatic hydroxyl groups is 1. The summed E-state index contributed by atoms with van der Waals surface area (Å²) in [6.45, 7) is 2.09. The van der Waals surface area contributed by atoms with Gasteiger partial charge in [0.1, 0.15) is 0 Å². The molecule has 4 nitrogen and oxygen atoms in total. The molecule has 0 radical (unpaired) electrons. The van der Waals surface area contributed by atoms with E-state index in [2.05, 4.69) is 11.9 Å². The van der Waals surface area contributed by atoms with Gasteiger partial charge in [-0.05, 0) is 43.4 Å². The van der Waals surface area contributed by atoms with Gasteiger partial charge in [-0.15, -0.1) is 0 Å². The third kappa shape index (κ3) is 1.91. The number of rotatable bonds is 2. The SMILES string of the molecule is COc1cc2nc3c(c(C)c2cc1OC)CCCC3O. The molecular formula is C16H19NO3. The molecule has 3 rings (SSSR count). The third-order valence-corrected chi connectivity index (χ3v) is 4.13. The summed E-state index contributed by atoms with van der Waals surface area (Å²) in [6, 6.07) is 3.85. The molecule has 1 heterocycles. The highest BCUT2D eigenvalue weighted by Gasteiger charge is 2.23. The number of methoxy groups -OCH3 is 2. The third-order valence-electron chi connectivity index (χ3n) is 4.13. The Morgan fingerprint density at radius 1 is 1.20 bits per heavy atom. The van der Waals surface area contributed by atoms with Crippen molar-refractivity contribution in [2.75, 3.05) is 14.2 Å². The van der Waals surface area contributed by atoms with Crippen molar-refractivity contribution in [3.8, 4) is 11.5 Å². The number of ether oxygens (including phenoxy) is 2. The van der Waals surface area contributed by atoms with Crippen LogP contribution < -0.4 is 9.47 Å². The first-order chi connectivity index (χ1) is 9.65. The van der Waals surface area contributed by atoms with Gasteiger partial charge < -0.3 is 14.6 Å². The Kier molecular flexibility index (Phi) is 3.26. The van der Waals surface area contributed by atoms with Crippen LogP contribution in [0.4, 0.5) is 0 Å². The Labute approximate surface area is 118 Å². The smallest absolute Gasteiger partial charge is 0.162 e. The lowest BCUT2D eigenvalue weighted by atomic mass is 9.89. The highest BCUT2D eigenvalue weighted by molar-refractivity contribution is 5.87. The first kappa shape index (κ1) is 13.2. The monoisotopic (exact) mass is 273 g/mol. The number of aliphatic hydroxyl groups excluding tert-OH is 1. The fourth-order valence-corrected chi connectivity index (χ4v) is 3.01. The van der Waals surface area contributed by atoms with Crippen molar-refractivity contribution in [3.05, 3.63) is 29.0 Å². The maximum absolute atomic E-state index is 10.2. The minimum absolute atomic E-state index is 0.449. The Bertz CT molecular complexity index is 667. The molecule has 1 aliphatic rings. The van der Waals surface area contributed by atoms with E-state index >= 15 is 0 Å². The summed E-state index contributed by atoms with van der Waals surface area (Å²) in [7, 11) is 3.25. The van der Waals surface area contributed by atoms with E-state index < -0.39 is 6.10 Å². The summed E-state index contributed by atoms with van der Waals surface area (Å²) >= 11 is 0. The zero-order valence-electron chi connectivity index (χ0n) is 12.1. The van der Waals surface area contributed by atoms with Crippen molar-refractivity contribution in [3.63, 3.8) is 0 Å². The van der Waals surface area contributed by atoms with Crippen molar-refractivity contribution >= 4 is 10.9 Å². The molecule has 106 valence electrons. The maximum atomic E-state index is 10.2. The van der Waals surface area contributed by atoms with Gasteiger partial charge >= 0.3 is 0 Å².